The smallest absolute Gasteiger partial charge is 0.447 e. The Morgan fingerprint density at radius 2 is 1.89 bits per heavy atom. The number of likely N-dealkylation sites (tertiary alicyclic amines) is 2. The number of carbonyl (C=O) groups excluding carboxylic acids is 2. The second kappa shape index (κ2) is 12.4. The van der Waals surface area contributed by atoms with Crippen LogP contribution in [0.15, 0.2) is 30.3 Å². The molecule has 9 nitrogen and oxygen atoms in total. The van der Waals surface area contributed by atoms with Crippen molar-refractivity contribution in [3.05, 3.63) is 35.9 Å². The first-order valence-electron chi connectivity index (χ1n) is 12.5. The summed E-state index contributed by atoms with van der Waals surface area (Å²) in [4.78, 5) is 29.7. The summed E-state index contributed by atoms with van der Waals surface area (Å²) in [5.41, 5.74) is 0.606. The first-order chi connectivity index (χ1) is 16.7. The normalized spacial score (nSPS) is 20.2. The molecule has 2 saturated heterocycles. The zero-order valence-corrected chi connectivity index (χ0v) is 20.7. The molecule has 2 amide bonds. The van der Waals surface area contributed by atoms with Crippen molar-refractivity contribution in [3.8, 4) is 6.07 Å². The number of ether oxygens (including phenoxy) is 1. The van der Waals surface area contributed by atoms with Gasteiger partial charge in [0.1, 0.15) is 12.5 Å². The van der Waals surface area contributed by atoms with Gasteiger partial charge in [0.15, 0.2) is 0 Å². The summed E-state index contributed by atoms with van der Waals surface area (Å²) >= 11 is 0. The van der Waals surface area contributed by atoms with Crippen molar-refractivity contribution in [2.24, 2.45) is 5.92 Å². The quantitative estimate of drug-likeness (QED) is 0.432. The van der Waals surface area contributed by atoms with Crippen LogP contribution in [0.2, 0.25) is 0 Å². The fourth-order valence-electron chi connectivity index (χ4n) is 5.10. The largest absolute Gasteiger partial charge is 0.475 e. The van der Waals surface area contributed by atoms with Crippen molar-refractivity contribution in [1.29, 1.82) is 5.26 Å². The minimum atomic E-state index is -1.75. The molecule has 35 heavy (non-hydrogen) atoms. The lowest BCUT2D eigenvalue weighted by atomic mass is 9.76. The highest BCUT2D eigenvalue weighted by atomic mass is 16.5. The van der Waals surface area contributed by atoms with Crippen molar-refractivity contribution in [2.75, 3.05) is 26.2 Å². The summed E-state index contributed by atoms with van der Waals surface area (Å²) in [6.45, 7) is 6.68. The van der Waals surface area contributed by atoms with E-state index in [1.807, 2.05) is 30.3 Å². The molecule has 0 aromatic heterocycles. The van der Waals surface area contributed by atoms with Crippen LogP contribution in [0.1, 0.15) is 51.5 Å². The van der Waals surface area contributed by atoms with E-state index in [2.05, 4.69) is 30.1 Å². The second-order valence-electron chi connectivity index (χ2n) is 10.2. The lowest BCUT2D eigenvalue weighted by molar-refractivity contribution is -0.136. The van der Waals surface area contributed by atoms with Crippen molar-refractivity contribution in [3.63, 3.8) is 0 Å². The molecule has 3 N–H and O–H groups in total. The van der Waals surface area contributed by atoms with Crippen LogP contribution in [0.5, 0.6) is 0 Å². The number of nitrogens with one attached hydrogen (secondary N) is 1. The highest BCUT2D eigenvalue weighted by molar-refractivity contribution is 6.43. The van der Waals surface area contributed by atoms with E-state index >= 15 is 0 Å². The van der Waals surface area contributed by atoms with Gasteiger partial charge in [0, 0.05) is 12.1 Å². The average Bonchev–Trinajstić information content (AvgIpc) is 3.54. The molecule has 2 heterocycles. The van der Waals surface area contributed by atoms with E-state index in [1.54, 1.807) is 4.90 Å². The minimum Gasteiger partial charge on any atom is -0.447 e. The molecule has 2 fully saturated rings. The number of hydrogen-bond donors (Lipinski definition) is 3. The molecule has 0 bridgehead atoms. The van der Waals surface area contributed by atoms with Gasteiger partial charge in [0.05, 0.1) is 18.1 Å². The van der Waals surface area contributed by atoms with E-state index in [1.165, 1.54) is 0 Å². The van der Waals surface area contributed by atoms with Gasteiger partial charge in [-0.2, -0.15) is 5.26 Å². The first-order valence-corrected chi connectivity index (χ1v) is 12.5. The number of carbonyl (C=O) groups is 2. The lowest BCUT2D eigenvalue weighted by Crippen LogP contribution is -2.49. The minimum absolute atomic E-state index is 0.00911. The van der Waals surface area contributed by atoms with E-state index in [-0.39, 0.29) is 30.5 Å². The molecule has 1 aromatic carbocycles. The molecule has 0 saturated carbocycles. The fourth-order valence-corrected chi connectivity index (χ4v) is 5.10. The third-order valence-electron chi connectivity index (χ3n) is 7.15. The van der Waals surface area contributed by atoms with Gasteiger partial charge in [-0.15, -0.1) is 0 Å². The monoisotopic (exact) mass is 484 g/mol. The van der Waals surface area contributed by atoms with E-state index in [9.17, 15) is 24.9 Å². The van der Waals surface area contributed by atoms with Gasteiger partial charge >= 0.3 is 13.2 Å². The van der Waals surface area contributed by atoms with Crippen molar-refractivity contribution in [2.45, 2.75) is 69.9 Å². The predicted molar refractivity (Wildman–Crippen MR) is 132 cm³/mol. The van der Waals surface area contributed by atoms with E-state index in [0.29, 0.717) is 19.4 Å². The van der Waals surface area contributed by atoms with Crippen LogP contribution in [0, 0.1) is 17.2 Å². The molecule has 10 heteroatoms. The zero-order chi connectivity index (χ0) is 25.4. The molecule has 0 aliphatic carbocycles. The summed E-state index contributed by atoms with van der Waals surface area (Å²) in [7, 11) is -1.75. The lowest BCUT2D eigenvalue weighted by Gasteiger charge is -2.37. The van der Waals surface area contributed by atoms with Crippen LogP contribution in [-0.4, -0.2) is 82.7 Å². The molecule has 1 aromatic rings. The SMILES string of the molecule is CC(C)(CC(C#N)C(=O)N1CCC[C@@H]1COC(=O)N[C@@H](Cc1ccccc1)B(O)O)N1CCCC1. The Morgan fingerprint density at radius 3 is 2.51 bits per heavy atom. The van der Waals surface area contributed by atoms with E-state index < -0.39 is 25.1 Å². The summed E-state index contributed by atoms with van der Waals surface area (Å²) in [6.07, 6.45) is 3.67. The molecule has 2 aliphatic rings. The summed E-state index contributed by atoms with van der Waals surface area (Å²) < 4.78 is 5.36. The van der Waals surface area contributed by atoms with Gasteiger partial charge in [-0.05, 0) is 71.0 Å². The zero-order valence-electron chi connectivity index (χ0n) is 20.7. The van der Waals surface area contributed by atoms with Crippen LogP contribution in [0.25, 0.3) is 0 Å². The molecule has 3 rings (SSSR count). The highest BCUT2D eigenvalue weighted by Gasteiger charge is 2.39. The molecule has 190 valence electrons. The maximum absolute atomic E-state index is 13.3. The number of nitriles is 1. The summed E-state index contributed by atoms with van der Waals surface area (Å²) in [5.74, 6) is -1.89. The highest BCUT2D eigenvalue weighted by Crippen LogP contribution is 2.30. The molecule has 0 radical (unpaired) electrons. The van der Waals surface area contributed by atoms with Crippen molar-refractivity contribution >= 4 is 19.1 Å². The summed E-state index contributed by atoms with van der Waals surface area (Å²) in [6, 6.07) is 11.1. The second-order valence-corrected chi connectivity index (χ2v) is 10.2. The van der Waals surface area contributed by atoms with Crippen molar-refractivity contribution < 1.29 is 24.4 Å². The molecule has 1 unspecified atom stereocenters. The fraction of sp³-hybridized carbons (Fsp3) is 0.640. The number of rotatable bonds is 10. The Hall–Kier alpha value is -2.61. The van der Waals surface area contributed by atoms with Crippen molar-refractivity contribution in [1.82, 2.24) is 15.1 Å². The third-order valence-corrected chi connectivity index (χ3v) is 7.15. The Balaban J connectivity index is 1.53. The van der Waals surface area contributed by atoms with Gasteiger partial charge in [0.25, 0.3) is 0 Å². The average molecular weight is 484 g/mol. The van der Waals surface area contributed by atoms with Gasteiger partial charge in [-0.1, -0.05) is 30.3 Å². The van der Waals surface area contributed by atoms with Gasteiger partial charge in [-0.3, -0.25) is 9.69 Å². The standard InChI is InChI=1S/C25H37BN4O5/c1-25(2,29-12-6-7-13-29)16-20(17-27)23(31)30-14-8-11-21(30)18-35-24(32)28-22(26(33)34)15-19-9-4-3-5-10-19/h3-5,9-10,20-22,33-34H,6-8,11-16,18H2,1-2H3,(H,28,32)/t20?,21-,22+/m1/s1. The number of amides is 2. The molecule has 2 aliphatic heterocycles. The molecule has 0 spiro atoms. The van der Waals surface area contributed by atoms with E-state index in [0.717, 1.165) is 37.9 Å². The van der Waals surface area contributed by atoms with Crippen LogP contribution in [-0.2, 0) is 16.0 Å². The maximum Gasteiger partial charge on any atom is 0.475 e. The Kier molecular flexibility index (Phi) is 9.55. The molecular weight excluding hydrogens is 447 g/mol. The molecular formula is C25H37BN4O5. The number of benzene rings is 1. The third kappa shape index (κ3) is 7.44. The van der Waals surface area contributed by atoms with Crippen LogP contribution >= 0.6 is 0 Å². The predicted octanol–water partition coefficient (Wildman–Crippen LogP) is 1.73. The van der Waals surface area contributed by atoms with Crippen LogP contribution < -0.4 is 5.32 Å². The summed E-state index contributed by atoms with van der Waals surface area (Å²) in [5, 5.41) is 31.6. The Bertz CT molecular complexity index is 886. The van der Waals surface area contributed by atoms with Crippen LogP contribution in [0.4, 0.5) is 4.79 Å². The van der Waals surface area contributed by atoms with Crippen LogP contribution in [0.3, 0.4) is 0 Å². The topological polar surface area (TPSA) is 126 Å². The number of alkyl carbamates (subject to hydrolysis) is 1. The number of nitrogens with zero attached hydrogens (tertiary/aromatic N) is 3. The van der Waals surface area contributed by atoms with Gasteiger partial charge < -0.3 is 25.0 Å². The maximum atomic E-state index is 13.3. The van der Waals surface area contributed by atoms with Gasteiger partial charge in [0.2, 0.25) is 5.91 Å². The Labute approximate surface area is 208 Å². The number of hydrogen-bond acceptors (Lipinski definition) is 7. The Morgan fingerprint density at radius 1 is 1.20 bits per heavy atom. The first kappa shape index (κ1) is 27.0. The van der Waals surface area contributed by atoms with E-state index in [4.69, 9.17) is 4.74 Å². The molecule has 3 atom stereocenters. The van der Waals surface area contributed by atoms with Gasteiger partial charge in [-0.25, -0.2) is 4.79 Å².